The van der Waals surface area contributed by atoms with Crippen molar-refractivity contribution in [2.45, 2.75) is 149 Å². The smallest absolute Gasteiger partial charge is 0.316 e. The molecule has 93 heavy (non-hydrogen) atoms. The van der Waals surface area contributed by atoms with Crippen LogP contribution in [0, 0.1) is 5.41 Å². The summed E-state index contributed by atoms with van der Waals surface area (Å²) in [6.45, 7) is 10.6. The van der Waals surface area contributed by atoms with Gasteiger partial charge in [0.15, 0.2) is 29.1 Å². The Morgan fingerprint density at radius 2 is 0.742 bits per heavy atom. The maximum absolute atomic E-state index is 14.5. The highest BCUT2D eigenvalue weighted by molar-refractivity contribution is 5.76. The maximum atomic E-state index is 14.5. The fourth-order valence-corrected chi connectivity index (χ4v) is 10.6. The van der Waals surface area contributed by atoms with Gasteiger partial charge in [-0.05, 0) is 72.6 Å². The summed E-state index contributed by atoms with van der Waals surface area (Å²) in [4.78, 5) is 14.5. The molecule has 0 saturated carbocycles. The van der Waals surface area contributed by atoms with Gasteiger partial charge in [0, 0.05) is 7.11 Å². The molecular formula is C77H86O16. The predicted molar refractivity (Wildman–Crippen MR) is 348 cm³/mol. The van der Waals surface area contributed by atoms with Crippen molar-refractivity contribution in [1.29, 1.82) is 0 Å². The van der Waals surface area contributed by atoms with Crippen LogP contribution in [0.4, 0.5) is 0 Å². The fourth-order valence-electron chi connectivity index (χ4n) is 10.6. The Labute approximate surface area is 546 Å². The molecule has 0 N–H and O–H groups in total. The van der Waals surface area contributed by atoms with Gasteiger partial charge in [-0.15, -0.1) is 0 Å². The fraction of sp³-hybridized carbons (Fsp3) is 0.364. The van der Waals surface area contributed by atoms with Crippen molar-refractivity contribution >= 4 is 5.97 Å². The van der Waals surface area contributed by atoms with Gasteiger partial charge in [-0.25, -0.2) is 0 Å². The van der Waals surface area contributed by atoms with E-state index in [1.165, 1.54) is 7.11 Å². The molecule has 10 rings (SSSR count). The molecule has 9 atom stereocenters. The quantitative estimate of drug-likeness (QED) is 0.0358. The summed E-state index contributed by atoms with van der Waals surface area (Å²) in [7, 11) is 1.51. The second-order valence-electron chi connectivity index (χ2n) is 23.8. The minimum absolute atomic E-state index is 0.0259. The summed E-state index contributed by atoms with van der Waals surface area (Å²) >= 11 is 0. The average Bonchev–Trinajstić information content (AvgIpc) is 0.776. The Kier molecular flexibility index (Phi) is 25.3. The van der Waals surface area contributed by atoms with Gasteiger partial charge >= 0.3 is 5.97 Å². The molecule has 16 heteroatoms. The molecule has 7 aromatic carbocycles. The third kappa shape index (κ3) is 19.3. The lowest BCUT2D eigenvalue weighted by Gasteiger charge is -2.43. The van der Waals surface area contributed by atoms with Crippen LogP contribution in [0.3, 0.4) is 0 Å². The van der Waals surface area contributed by atoms with Crippen LogP contribution in [0.1, 0.15) is 86.4 Å². The van der Waals surface area contributed by atoms with Crippen LogP contribution < -0.4 is 0 Å². The van der Waals surface area contributed by atoms with E-state index in [-0.39, 0.29) is 94.9 Å². The topological polar surface area (TPSA) is 156 Å². The Hall–Kier alpha value is -8.13. The molecule has 0 aliphatic carbocycles. The predicted octanol–water partition coefficient (Wildman–Crippen LogP) is 14.5. The SMILES string of the molecule is CCCOC1=C(OC2OC(COCc3ccccc3)C(OCc3ccccc3)C(OCc3ccccc3)=C2OCc2ccccc2)C(OC)OC(COCc2ccccc2)C1OC1OC(CC)C(OCc2ccccc2)C(OCc2ccccc2)=C1OC(=O)C(C)(C)C. The van der Waals surface area contributed by atoms with Crippen LogP contribution in [0.5, 0.6) is 0 Å². The molecule has 3 aliphatic rings. The van der Waals surface area contributed by atoms with Gasteiger partial charge in [-0.1, -0.05) is 226 Å². The second kappa shape index (κ2) is 34.7. The zero-order valence-electron chi connectivity index (χ0n) is 53.9. The molecule has 0 fully saturated rings. The summed E-state index contributed by atoms with van der Waals surface area (Å²) in [5, 5.41) is 0. The third-order valence-electron chi connectivity index (χ3n) is 15.5. The van der Waals surface area contributed by atoms with Crippen LogP contribution in [0.2, 0.25) is 0 Å². The monoisotopic (exact) mass is 1270 g/mol. The Morgan fingerprint density at radius 1 is 0.387 bits per heavy atom. The number of benzene rings is 7. The van der Waals surface area contributed by atoms with Crippen LogP contribution >= 0.6 is 0 Å². The summed E-state index contributed by atoms with van der Waals surface area (Å²) in [6, 6.07) is 68.8. The van der Waals surface area contributed by atoms with Crippen molar-refractivity contribution in [2.75, 3.05) is 26.9 Å². The molecule has 3 heterocycles. The first kappa shape index (κ1) is 67.8. The maximum Gasteiger partial charge on any atom is 0.316 e. The molecule has 3 aliphatic heterocycles. The minimum Gasteiger partial charge on any atom is -0.491 e. The number of carbonyl (C=O) groups excluding carboxylic acids is 1. The summed E-state index contributed by atoms with van der Waals surface area (Å²) in [6.07, 6.45) is -8.78. The molecule has 490 valence electrons. The molecule has 16 nitrogen and oxygen atoms in total. The zero-order chi connectivity index (χ0) is 64.6. The number of carbonyl (C=O) groups is 1. The lowest BCUT2D eigenvalue weighted by molar-refractivity contribution is -0.283. The third-order valence-corrected chi connectivity index (χ3v) is 15.5. The number of rotatable bonds is 33. The van der Waals surface area contributed by atoms with Crippen LogP contribution in [0.15, 0.2) is 247 Å². The standard InChI is InChI=1S/C77H86O16/c1-7-44-82-69-66(91-75-72(93-76(78)77(3,4)5)68(86-50-59-40-26-14-27-41-59)64(61(8-2)88-75)83-47-56-34-20-11-21-35-56)63(53-81-46-55-32-18-10-19-33-55)89-73(79-6)71(69)92-74-70(87-51-60-42-28-15-29-43-60)67(85-49-58-38-24-13-25-39-58)65(84-48-57-36-22-12-23-37-57)62(90-74)52-80-45-54-30-16-9-17-31-54/h9-43,61-66,73-75H,7-8,44-53H2,1-6H3. The van der Waals surface area contributed by atoms with Crippen molar-refractivity contribution < 1.29 is 75.8 Å². The van der Waals surface area contributed by atoms with E-state index in [1.807, 2.05) is 226 Å². The number of hydrogen-bond acceptors (Lipinski definition) is 16. The van der Waals surface area contributed by atoms with Crippen LogP contribution in [0.25, 0.3) is 0 Å². The normalized spacial score (nSPS) is 21.7. The summed E-state index contributed by atoms with van der Waals surface area (Å²) in [5.41, 5.74) is 5.37. The summed E-state index contributed by atoms with van der Waals surface area (Å²) in [5.74, 6) is 0.314. The lowest BCUT2D eigenvalue weighted by Crippen LogP contribution is -2.52. The molecule has 0 radical (unpaired) electrons. The van der Waals surface area contributed by atoms with Crippen molar-refractivity contribution in [3.63, 3.8) is 0 Å². The van der Waals surface area contributed by atoms with Crippen molar-refractivity contribution in [3.05, 3.63) is 286 Å². The highest BCUT2D eigenvalue weighted by Gasteiger charge is 2.51. The number of esters is 1. The molecule has 7 aromatic rings. The average molecular weight is 1270 g/mol. The molecule has 0 spiro atoms. The molecule has 0 bridgehead atoms. The highest BCUT2D eigenvalue weighted by Crippen LogP contribution is 2.42. The van der Waals surface area contributed by atoms with Gasteiger partial charge in [0.25, 0.3) is 6.29 Å². The van der Waals surface area contributed by atoms with Gasteiger partial charge in [0.1, 0.15) is 44.2 Å². The van der Waals surface area contributed by atoms with E-state index < -0.39 is 66.9 Å². The van der Waals surface area contributed by atoms with E-state index in [0.29, 0.717) is 18.6 Å². The minimum atomic E-state index is -1.46. The molecule has 0 amide bonds. The molecule has 9 unspecified atom stereocenters. The Bertz CT molecular complexity index is 3440. The lowest BCUT2D eigenvalue weighted by atomic mass is 9.97. The molecular weight excluding hydrogens is 1180 g/mol. The molecule has 0 saturated heterocycles. The van der Waals surface area contributed by atoms with Gasteiger partial charge in [0.05, 0.1) is 57.8 Å². The van der Waals surface area contributed by atoms with Crippen LogP contribution in [-0.4, -0.2) is 88.4 Å². The largest absolute Gasteiger partial charge is 0.491 e. The van der Waals surface area contributed by atoms with E-state index in [4.69, 9.17) is 71.1 Å². The van der Waals surface area contributed by atoms with E-state index >= 15 is 0 Å². The van der Waals surface area contributed by atoms with Crippen molar-refractivity contribution in [3.8, 4) is 0 Å². The number of hydrogen-bond donors (Lipinski definition) is 0. The van der Waals surface area contributed by atoms with Gasteiger partial charge in [-0.2, -0.15) is 0 Å². The van der Waals surface area contributed by atoms with Gasteiger partial charge in [-0.3, -0.25) is 4.79 Å². The number of ether oxygens (including phenoxy) is 15. The van der Waals surface area contributed by atoms with Gasteiger partial charge < -0.3 is 71.1 Å². The first-order valence-electron chi connectivity index (χ1n) is 32.0. The number of methoxy groups -OCH3 is 1. The first-order valence-corrected chi connectivity index (χ1v) is 32.0. The van der Waals surface area contributed by atoms with Crippen molar-refractivity contribution in [2.24, 2.45) is 5.41 Å². The van der Waals surface area contributed by atoms with Crippen molar-refractivity contribution in [1.82, 2.24) is 0 Å². The van der Waals surface area contributed by atoms with E-state index in [2.05, 4.69) is 0 Å². The van der Waals surface area contributed by atoms with Crippen LogP contribution in [-0.2, 0) is 122 Å². The zero-order valence-corrected chi connectivity index (χ0v) is 53.9. The van der Waals surface area contributed by atoms with E-state index in [9.17, 15) is 4.79 Å². The van der Waals surface area contributed by atoms with E-state index in [1.54, 1.807) is 20.8 Å². The summed E-state index contributed by atoms with van der Waals surface area (Å²) < 4.78 is 104. The highest BCUT2D eigenvalue weighted by atomic mass is 16.8. The first-order chi connectivity index (χ1) is 45.5. The Morgan fingerprint density at radius 3 is 1.15 bits per heavy atom. The second-order valence-corrected chi connectivity index (χ2v) is 23.8. The Balaban J connectivity index is 1.12. The molecule has 0 aromatic heterocycles. The van der Waals surface area contributed by atoms with Gasteiger partial charge in [0.2, 0.25) is 24.1 Å². The van der Waals surface area contributed by atoms with E-state index in [0.717, 1.165) is 38.9 Å².